The third kappa shape index (κ3) is 54.9. The first kappa shape index (κ1) is 55.8. The standard InChI is InChI=1S/2C22H42O4.Zn/c2*1-2-3-4-5-6-7-8-9-10-11-12-13-14-15-16-17-20-26-22(25)19-18-21(23)24;/h2*2-20H2,1H3,(H,23,24);/q;;+2/p-2. The van der Waals surface area contributed by atoms with Gasteiger partial charge in [0.25, 0.3) is 0 Å². The number of hydrogen-bond acceptors (Lipinski definition) is 8. The van der Waals surface area contributed by atoms with Crippen LogP contribution < -0.4 is 10.2 Å². The smallest absolute Gasteiger partial charge is 0.550 e. The molecular weight excluding hydrogens is 722 g/mol. The number of hydrogen-bond donors (Lipinski definition) is 0. The van der Waals surface area contributed by atoms with Crippen molar-refractivity contribution in [2.24, 2.45) is 0 Å². The molecule has 0 aromatic rings. The second kappa shape index (κ2) is 48.5. The van der Waals surface area contributed by atoms with E-state index in [1.165, 1.54) is 180 Å². The summed E-state index contributed by atoms with van der Waals surface area (Å²) in [6.45, 7) is 5.35. The number of rotatable bonds is 40. The van der Waals surface area contributed by atoms with Crippen molar-refractivity contribution in [2.45, 2.75) is 245 Å². The van der Waals surface area contributed by atoms with Gasteiger partial charge in [0.2, 0.25) is 0 Å². The summed E-state index contributed by atoms with van der Waals surface area (Å²) >= 11 is 0. The molecule has 0 aliphatic heterocycles. The van der Waals surface area contributed by atoms with Gasteiger partial charge >= 0.3 is 31.4 Å². The molecule has 0 bridgehead atoms. The van der Waals surface area contributed by atoms with Crippen molar-refractivity contribution in [1.82, 2.24) is 0 Å². The molecule has 0 N–H and O–H groups in total. The van der Waals surface area contributed by atoms with E-state index in [9.17, 15) is 29.4 Å². The van der Waals surface area contributed by atoms with E-state index in [0.29, 0.717) is 13.2 Å². The maximum atomic E-state index is 11.2. The van der Waals surface area contributed by atoms with Gasteiger partial charge in [-0.1, -0.05) is 206 Å². The molecule has 9 heteroatoms. The number of aliphatic carboxylic acids is 2. The molecule has 0 aliphatic rings. The van der Waals surface area contributed by atoms with E-state index in [1.807, 2.05) is 0 Å². The number of carboxylic acids is 2. The van der Waals surface area contributed by atoms with Crippen LogP contribution in [-0.4, -0.2) is 37.1 Å². The molecule has 0 saturated heterocycles. The van der Waals surface area contributed by atoms with Crippen molar-refractivity contribution < 1.29 is 58.3 Å². The molecule has 0 spiro atoms. The van der Waals surface area contributed by atoms with E-state index in [0.717, 1.165) is 25.7 Å². The third-order valence-corrected chi connectivity index (χ3v) is 9.59. The predicted molar refractivity (Wildman–Crippen MR) is 209 cm³/mol. The molecule has 0 unspecified atom stereocenters. The zero-order valence-corrected chi connectivity index (χ0v) is 37.8. The Morgan fingerprint density at radius 2 is 0.509 bits per heavy atom. The SMILES string of the molecule is CCCCCCCCCCCCCCCCCCOC(=O)CCC(=O)[O-].CCCCCCCCCCCCCCCCCCOC(=O)CCC(=O)[O-].[Zn+2]. The Hall–Kier alpha value is -1.50. The third-order valence-electron chi connectivity index (χ3n) is 9.59. The van der Waals surface area contributed by atoms with Crippen LogP contribution in [0.3, 0.4) is 0 Å². The first-order valence-corrected chi connectivity index (χ1v) is 22.0. The largest absolute Gasteiger partial charge is 2.00 e. The molecule has 0 rings (SSSR count). The van der Waals surface area contributed by atoms with Crippen molar-refractivity contribution in [3.63, 3.8) is 0 Å². The number of carbonyl (C=O) groups excluding carboxylic acids is 4. The van der Waals surface area contributed by atoms with Crippen LogP contribution in [0.2, 0.25) is 0 Å². The zero-order valence-electron chi connectivity index (χ0n) is 34.8. The molecule has 0 aromatic carbocycles. The molecule has 0 amide bonds. The number of carbonyl (C=O) groups is 4. The number of ether oxygens (including phenoxy) is 2. The summed E-state index contributed by atoms with van der Waals surface area (Å²) in [6, 6.07) is 0. The van der Waals surface area contributed by atoms with E-state index < -0.39 is 23.9 Å². The van der Waals surface area contributed by atoms with Gasteiger partial charge in [-0.3, -0.25) is 9.59 Å². The van der Waals surface area contributed by atoms with E-state index in [2.05, 4.69) is 13.8 Å². The topological polar surface area (TPSA) is 133 Å². The first-order valence-electron chi connectivity index (χ1n) is 22.0. The van der Waals surface area contributed by atoms with Gasteiger partial charge in [-0.2, -0.15) is 0 Å². The molecule has 0 atom stereocenters. The zero-order chi connectivity index (χ0) is 38.6. The summed E-state index contributed by atoms with van der Waals surface area (Å²) in [5.74, 6) is -3.28. The molecule has 0 aliphatic carbocycles. The number of esters is 2. The van der Waals surface area contributed by atoms with Crippen molar-refractivity contribution in [1.29, 1.82) is 0 Å². The Morgan fingerprint density at radius 3 is 0.698 bits per heavy atom. The first-order chi connectivity index (χ1) is 25.3. The van der Waals surface area contributed by atoms with Crippen molar-refractivity contribution in [3.8, 4) is 0 Å². The van der Waals surface area contributed by atoms with Crippen LogP contribution in [0, 0.1) is 0 Å². The molecule has 0 aromatic heterocycles. The monoisotopic (exact) mass is 803 g/mol. The Balaban J connectivity index is -0.000000926. The van der Waals surface area contributed by atoms with Crippen molar-refractivity contribution in [3.05, 3.63) is 0 Å². The average Bonchev–Trinajstić information content (AvgIpc) is 3.12. The molecule has 0 radical (unpaired) electrons. The van der Waals surface area contributed by atoms with Gasteiger partial charge in [-0.15, -0.1) is 0 Å². The molecule has 0 saturated carbocycles. The molecule has 0 fully saturated rings. The summed E-state index contributed by atoms with van der Waals surface area (Å²) in [7, 11) is 0. The van der Waals surface area contributed by atoms with Crippen LogP contribution in [0.25, 0.3) is 0 Å². The van der Waals surface area contributed by atoms with Crippen LogP contribution in [0.1, 0.15) is 245 Å². The molecule has 0 heterocycles. The Bertz CT molecular complexity index is 727. The second-order valence-corrected chi connectivity index (χ2v) is 14.8. The van der Waals surface area contributed by atoms with Crippen LogP contribution in [0.5, 0.6) is 0 Å². The maximum absolute atomic E-state index is 11.2. The molecule has 8 nitrogen and oxygen atoms in total. The fourth-order valence-electron chi connectivity index (χ4n) is 6.22. The molecule has 308 valence electrons. The summed E-state index contributed by atoms with van der Waals surface area (Å²) in [5.41, 5.74) is 0. The van der Waals surface area contributed by atoms with Crippen molar-refractivity contribution in [2.75, 3.05) is 13.2 Å². The normalized spacial score (nSPS) is 10.6. The minimum Gasteiger partial charge on any atom is -0.550 e. The molecular formula is C44H82O8Zn. The van der Waals surface area contributed by atoms with E-state index in [4.69, 9.17) is 9.47 Å². The van der Waals surface area contributed by atoms with E-state index in [1.54, 1.807) is 0 Å². The van der Waals surface area contributed by atoms with Gasteiger partial charge in [0.15, 0.2) is 0 Å². The van der Waals surface area contributed by atoms with E-state index in [-0.39, 0.29) is 45.2 Å². The maximum Gasteiger partial charge on any atom is 2.00 e. The van der Waals surface area contributed by atoms with Gasteiger partial charge in [-0.05, 0) is 25.7 Å². The van der Waals surface area contributed by atoms with Crippen LogP contribution in [-0.2, 0) is 48.1 Å². The van der Waals surface area contributed by atoms with Crippen molar-refractivity contribution >= 4 is 23.9 Å². The van der Waals surface area contributed by atoms with Gasteiger partial charge in [0, 0.05) is 11.9 Å². The van der Waals surface area contributed by atoms with Crippen LogP contribution >= 0.6 is 0 Å². The average molecular weight is 805 g/mol. The Morgan fingerprint density at radius 1 is 0.321 bits per heavy atom. The van der Waals surface area contributed by atoms with Gasteiger partial charge in [0.1, 0.15) is 0 Å². The number of carboxylic acid groups (broad SMARTS) is 2. The summed E-state index contributed by atoms with van der Waals surface area (Å²) in [5, 5.41) is 20.4. The van der Waals surface area contributed by atoms with Gasteiger partial charge < -0.3 is 29.3 Å². The van der Waals surface area contributed by atoms with E-state index >= 15 is 0 Å². The molecule has 53 heavy (non-hydrogen) atoms. The summed E-state index contributed by atoms with van der Waals surface area (Å²) in [4.78, 5) is 42.8. The minimum atomic E-state index is -1.20. The number of unbranched alkanes of at least 4 members (excludes halogenated alkanes) is 30. The van der Waals surface area contributed by atoms with Crippen LogP contribution in [0.4, 0.5) is 0 Å². The summed E-state index contributed by atoms with van der Waals surface area (Å²) < 4.78 is 9.96. The van der Waals surface area contributed by atoms with Crippen LogP contribution in [0.15, 0.2) is 0 Å². The Kier molecular flexibility index (Phi) is 51.1. The quantitative estimate of drug-likeness (QED) is 0.0340. The fourth-order valence-corrected chi connectivity index (χ4v) is 6.22. The predicted octanol–water partition coefficient (Wildman–Crippen LogP) is 10.6. The minimum absolute atomic E-state index is 0. The Labute approximate surface area is 339 Å². The van der Waals surface area contributed by atoms with Gasteiger partial charge in [0.05, 0.1) is 26.1 Å². The van der Waals surface area contributed by atoms with Gasteiger partial charge in [-0.25, -0.2) is 0 Å². The second-order valence-electron chi connectivity index (χ2n) is 14.8. The fraction of sp³-hybridized carbons (Fsp3) is 0.909. The summed E-state index contributed by atoms with van der Waals surface area (Å²) in [6.07, 6.45) is 41.4.